The van der Waals surface area contributed by atoms with Crippen LogP contribution in [0.1, 0.15) is 5.69 Å². The summed E-state index contributed by atoms with van der Waals surface area (Å²) >= 11 is 0. The van der Waals surface area contributed by atoms with Gasteiger partial charge in [0.25, 0.3) is 0 Å². The zero-order valence-electron chi connectivity index (χ0n) is 10.6. The maximum Gasteiger partial charge on any atom is 0.309 e. The fourth-order valence-corrected chi connectivity index (χ4v) is 1.26. The van der Waals surface area contributed by atoms with E-state index in [1.165, 1.54) is 6.20 Å². The number of aromatic nitrogens is 1. The minimum absolute atomic E-state index is 0.0692. The highest BCUT2D eigenvalue weighted by molar-refractivity contribution is 5.91. The van der Waals surface area contributed by atoms with Crippen LogP contribution in [-0.2, 0) is 25.5 Å². The van der Waals surface area contributed by atoms with Crippen molar-refractivity contribution < 1.29 is 24.2 Å². The van der Waals surface area contributed by atoms with Gasteiger partial charge in [-0.25, -0.2) is 0 Å². The van der Waals surface area contributed by atoms with Crippen molar-refractivity contribution in [1.82, 2.24) is 4.98 Å². The summed E-state index contributed by atoms with van der Waals surface area (Å²) < 4.78 is 9.82. The van der Waals surface area contributed by atoms with Gasteiger partial charge in [-0.2, -0.15) is 0 Å². The van der Waals surface area contributed by atoms with Gasteiger partial charge >= 0.3 is 5.97 Å². The predicted octanol–water partition coefficient (Wildman–Crippen LogP) is 0.310. The largest absolute Gasteiger partial charge is 0.481 e. The standard InChI is InChI=1S/C12H16N2O5/c1-18-4-5-19-8-11(15)14-10-3-2-9(13-7-10)6-12(16)17/h2-3,7H,4-6,8H2,1H3,(H,14,15)(H,16,17). The van der Waals surface area contributed by atoms with Crippen molar-refractivity contribution in [1.29, 1.82) is 0 Å². The summed E-state index contributed by atoms with van der Waals surface area (Å²) in [7, 11) is 1.55. The molecule has 0 aliphatic carbocycles. The van der Waals surface area contributed by atoms with Crippen LogP contribution < -0.4 is 5.32 Å². The zero-order valence-corrected chi connectivity index (χ0v) is 10.6. The van der Waals surface area contributed by atoms with Gasteiger partial charge in [0.2, 0.25) is 5.91 Å². The molecule has 0 saturated carbocycles. The van der Waals surface area contributed by atoms with Gasteiger partial charge < -0.3 is 19.9 Å². The molecule has 0 unspecified atom stereocenters. The molecule has 0 spiro atoms. The Labute approximate surface area is 110 Å². The van der Waals surface area contributed by atoms with Crippen LogP contribution >= 0.6 is 0 Å². The normalized spacial score (nSPS) is 10.2. The smallest absolute Gasteiger partial charge is 0.309 e. The molecule has 0 bridgehead atoms. The number of aliphatic carboxylic acids is 1. The van der Waals surface area contributed by atoms with E-state index in [2.05, 4.69) is 10.3 Å². The lowest BCUT2D eigenvalue weighted by Crippen LogP contribution is -2.19. The number of carboxylic acids is 1. The number of anilines is 1. The fraction of sp³-hybridized carbons (Fsp3) is 0.417. The molecule has 1 aromatic rings. The average Bonchev–Trinajstić information content (AvgIpc) is 2.36. The highest BCUT2D eigenvalue weighted by Crippen LogP contribution is 2.06. The number of ether oxygens (including phenoxy) is 2. The summed E-state index contributed by atoms with van der Waals surface area (Å²) in [6.45, 7) is 0.707. The van der Waals surface area contributed by atoms with Crippen molar-refractivity contribution in [2.45, 2.75) is 6.42 Å². The van der Waals surface area contributed by atoms with Crippen LogP contribution in [0.15, 0.2) is 18.3 Å². The minimum atomic E-state index is -0.948. The molecule has 0 radical (unpaired) electrons. The summed E-state index contributed by atoms with van der Waals surface area (Å²) in [5.74, 6) is -1.25. The van der Waals surface area contributed by atoms with E-state index in [9.17, 15) is 9.59 Å². The Balaban J connectivity index is 2.36. The molecule has 0 aliphatic rings. The van der Waals surface area contributed by atoms with E-state index in [4.69, 9.17) is 14.6 Å². The first-order valence-electron chi connectivity index (χ1n) is 5.65. The van der Waals surface area contributed by atoms with Crippen LogP contribution in [0.5, 0.6) is 0 Å². The van der Waals surface area contributed by atoms with Crippen LogP contribution in [0.3, 0.4) is 0 Å². The molecule has 1 heterocycles. The lowest BCUT2D eigenvalue weighted by atomic mass is 10.2. The van der Waals surface area contributed by atoms with Gasteiger partial charge in [-0.1, -0.05) is 0 Å². The van der Waals surface area contributed by atoms with Gasteiger partial charge in [0.1, 0.15) is 6.61 Å². The third-order valence-corrected chi connectivity index (χ3v) is 2.11. The van der Waals surface area contributed by atoms with E-state index in [0.29, 0.717) is 24.6 Å². The number of carbonyl (C=O) groups is 2. The molecule has 1 rings (SSSR count). The molecule has 0 saturated heterocycles. The first kappa shape index (κ1) is 15.1. The maximum absolute atomic E-state index is 11.4. The van der Waals surface area contributed by atoms with Crippen LogP contribution in [-0.4, -0.2) is 48.9 Å². The molecule has 0 fully saturated rings. The van der Waals surface area contributed by atoms with Crippen LogP contribution in [0.4, 0.5) is 5.69 Å². The fourth-order valence-electron chi connectivity index (χ4n) is 1.26. The number of amides is 1. The molecule has 19 heavy (non-hydrogen) atoms. The lowest BCUT2D eigenvalue weighted by Gasteiger charge is -2.06. The van der Waals surface area contributed by atoms with E-state index in [0.717, 1.165) is 0 Å². The molecule has 0 aromatic carbocycles. The minimum Gasteiger partial charge on any atom is -0.481 e. The second kappa shape index (κ2) is 8.17. The highest BCUT2D eigenvalue weighted by Gasteiger charge is 2.05. The van der Waals surface area contributed by atoms with E-state index < -0.39 is 5.97 Å². The number of methoxy groups -OCH3 is 1. The van der Waals surface area contributed by atoms with Crippen molar-refractivity contribution in [3.8, 4) is 0 Å². The van der Waals surface area contributed by atoms with Gasteiger partial charge in [-0.15, -0.1) is 0 Å². The van der Waals surface area contributed by atoms with Crippen LogP contribution in [0.25, 0.3) is 0 Å². The average molecular weight is 268 g/mol. The molecule has 7 heteroatoms. The summed E-state index contributed by atoms with van der Waals surface area (Å²) in [6, 6.07) is 3.15. The monoisotopic (exact) mass is 268 g/mol. The van der Waals surface area contributed by atoms with E-state index in [-0.39, 0.29) is 18.9 Å². The van der Waals surface area contributed by atoms with Crippen molar-refractivity contribution in [2.24, 2.45) is 0 Å². The number of pyridine rings is 1. The summed E-state index contributed by atoms with van der Waals surface area (Å²) in [5.41, 5.74) is 0.927. The number of hydrogen-bond acceptors (Lipinski definition) is 5. The van der Waals surface area contributed by atoms with Crippen molar-refractivity contribution in [2.75, 3.05) is 32.2 Å². The highest BCUT2D eigenvalue weighted by atomic mass is 16.5. The van der Waals surface area contributed by atoms with Gasteiger partial charge in [-0.05, 0) is 12.1 Å². The Bertz CT molecular complexity index is 419. The number of rotatable bonds is 8. The molecule has 0 aliphatic heterocycles. The van der Waals surface area contributed by atoms with Gasteiger partial charge in [0.05, 0.1) is 37.2 Å². The van der Waals surface area contributed by atoms with E-state index in [1.807, 2.05) is 0 Å². The van der Waals surface area contributed by atoms with Gasteiger partial charge in [0.15, 0.2) is 0 Å². The number of nitrogens with one attached hydrogen (secondary N) is 1. The lowest BCUT2D eigenvalue weighted by molar-refractivity contribution is -0.136. The van der Waals surface area contributed by atoms with E-state index >= 15 is 0 Å². The SMILES string of the molecule is COCCOCC(=O)Nc1ccc(CC(=O)O)nc1. The topological polar surface area (TPSA) is 97.8 Å². The Morgan fingerprint density at radius 1 is 1.37 bits per heavy atom. The molecular weight excluding hydrogens is 252 g/mol. The predicted molar refractivity (Wildman–Crippen MR) is 66.9 cm³/mol. The number of hydrogen-bond donors (Lipinski definition) is 2. The molecule has 1 aromatic heterocycles. The first-order valence-corrected chi connectivity index (χ1v) is 5.65. The second-order valence-electron chi connectivity index (χ2n) is 3.70. The Hall–Kier alpha value is -1.99. The quantitative estimate of drug-likeness (QED) is 0.658. The summed E-state index contributed by atoms with van der Waals surface area (Å²) in [6.07, 6.45) is 1.26. The van der Waals surface area contributed by atoms with Gasteiger partial charge in [-0.3, -0.25) is 14.6 Å². The molecule has 1 amide bonds. The Morgan fingerprint density at radius 2 is 2.16 bits per heavy atom. The molecule has 7 nitrogen and oxygen atoms in total. The summed E-state index contributed by atoms with van der Waals surface area (Å²) in [4.78, 5) is 25.8. The third-order valence-electron chi connectivity index (χ3n) is 2.11. The Morgan fingerprint density at radius 3 is 2.74 bits per heavy atom. The zero-order chi connectivity index (χ0) is 14.1. The van der Waals surface area contributed by atoms with Crippen LogP contribution in [0, 0.1) is 0 Å². The molecular formula is C12H16N2O5. The first-order chi connectivity index (χ1) is 9.11. The van der Waals surface area contributed by atoms with Gasteiger partial charge in [0, 0.05) is 7.11 Å². The third kappa shape index (κ3) is 6.49. The number of nitrogens with zero attached hydrogens (tertiary/aromatic N) is 1. The molecule has 104 valence electrons. The number of carboxylic acid groups (broad SMARTS) is 1. The second-order valence-corrected chi connectivity index (χ2v) is 3.70. The number of carbonyl (C=O) groups excluding carboxylic acids is 1. The van der Waals surface area contributed by atoms with Crippen molar-refractivity contribution in [3.05, 3.63) is 24.0 Å². The maximum atomic E-state index is 11.4. The molecule has 2 N–H and O–H groups in total. The van der Waals surface area contributed by atoms with Crippen molar-refractivity contribution in [3.63, 3.8) is 0 Å². The molecule has 0 atom stereocenters. The van der Waals surface area contributed by atoms with E-state index in [1.54, 1.807) is 19.2 Å². The summed E-state index contributed by atoms with van der Waals surface area (Å²) in [5, 5.41) is 11.2. The van der Waals surface area contributed by atoms with Crippen LogP contribution in [0.2, 0.25) is 0 Å². The van der Waals surface area contributed by atoms with Crippen molar-refractivity contribution >= 4 is 17.6 Å². The Kier molecular flexibility index (Phi) is 6.48.